The smallest absolute Gasteiger partial charge is 0.489 e. The summed E-state index contributed by atoms with van der Waals surface area (Å²) in [5.74, 6) is -5.40. The molecule has 0 bridgehead atoms. The van der Waals surface area contributed by atoms with E-state index in [1.807, 2.05) is 37.3 Å². The van der Waals surface area contributed by atoms with Crippen molar-refractivity contribution in [1.29, 1.82) is 0 Å². The van der Waals surface area contributed by atoms with E-state index in [4.69, 9.17) is 24.5 Å². The van der Waals surface area contributed by atoms with E-state index in [-0.39, 0.29) is 17.1 Å². The highest BCUT2D eigenvalue weighted by Gasteiger charge is 2.44. The number of piperidine rings is 1. The summed E-state index contributed by atoms with van der Waals surface area (Å²) in [7, 11) is -3.73. The number of alkyl halides is 6. The first-order chi connectivity index (χ1) is 24.0. The third-order valence-electron chi connectivity index (χ3n) is 7.64. The minimum atomic E-state index is -5.08. The van der Waals surface area contributed by atoms with Crippen molar-refractivity contribution >= 4 is 38.6 Å². The molecule has 0 radical (unpaired) electrons. The fraction of sp³-hybridized carbons (Fsp3) is 0.455. The number of nitrogens with zero attached hydrogens (tertiary/aromatic N) is 2. The van der Waals surface area contributed by atoms with Crippen LogP contribution in [-0.2, 0) is 30.8 Å². The molecule has 2 heterocycles. The Kier molecular flexibility index (Phi) is 15.4. The minimum absolute atomic E-state index is 0.0735. The maximum atomic E-state index is 13.6. The molecule has 1 aliphatic heterocycles. The number of aryl methyl sites for hydroxylation is 1. The second kappa shape index (κ2) is 18.3. The Morgan fingerprint density at radius 3 is 2.04 bits per heavy atom. The Morgan fingerprint density at radius 2 is 1.52 bits per heavy atom. The first kappa shape index (κ1) is 43.7. The highest BCUT2D eigenvalue weighted by atomic mass is 32.2. The van der Waals surface area contributed by atoms with Crippen molar-refractivity contribution in [3.05, 3.63) is 65.9 Å². The van der Waals surface area contributed by atoms with Crippen LogP contribution in [0.15, 0.2) is 59.5 Å². The van der Waals surface area contributed by atoms with E-state index < -0.39 is 45.6 Å². The standard InChI is InChI=1S/C29H37N3O5S.2C2HF3O2/c1-21(2)18-32-15-7-6-14-29(32,17-28(33)31-34)20-38(35,36)25-12-10-24(11-13-25)37-19-23-16-22(3)30-27-9-5-4-8-26(23)27;2*3-2(4,5)1(6)7/h4-5,8-13,16,21,34H,6-7,14-15,17-20H2,1-3H3,(H,31,33);2*(H,6,7). The Balaban J connectivity index is 0.000000564. The topological polar surface area (TPSA) is 183 Å². The van der Waals surface area contributed by atoms with Crippen molar-refractivity contribution in [3.63, 3.8) is 0 Å². The molecule has 0 saturated carbocycles. The highest BCUT2D eigenvalue weighted by molar-refractivity contribution is 7.91. The summed E-state index contributed by atoms with van der Waals surface area (Å²) in [4.78, 5) is 36.9. The number of carboxylic acids is 2. The summed E-state index contributed by atoms with van der Waals surface area (Å²) >= 11 is 0. The van der Waals surface area contributed by atoms with E-state index in [9.17, 15) is 44.8 Å². The predicted octanol–water partition coefficient (Wildman–Crippen LogP) is 5.94. The number of hydroxylamine groups is 1. The lowest BCUT2D eigenvalue weighted by Crippen LogP contribution is -2.58. The minimum Gasteiger partial charge on any atom is -0.489 e. The molecule has 52 heavy (non-hydrogen) atoms. The van der Waals surface area contributed by atoms with Crippen LogP contribution in [0.5, 0.6) is 5.75 Å². The number of aliphatic carboxylic acids is 2. The summed E-state index contributed by atoms with van der Waals surface area (Å²) in [6.45, 7) is 7.84. The summed E-state index contributed by atoms with van der Waals surface area (Å²) in [6.07, 6.45) is -7.88. The number of aromatic nitrogens is 1. The highest BCUT2D eigenvalue weighted by Crippen LogP contribution is 2.35. The quantitative estimate of drug-likeness (QED) is 0.109. The molecule has 0 aliphatic carbocycles. The third kappa shape index (κ3) is 13.2. The number of hydrogen-bond donors (Lipinski definition) is 4. The lowest BCUT2D eigenvalue weighted by Gasteiger charge is -2.47. The van der Waals surface area contributed by atoms with Gasteiger partial charge in [-0.1, -0.05) is 38.5 Å². The molecule has 1 unspecified atom stereocenters. The van der Waals surface area contributed by atoms with Crippen molar-refractivity contribution in [2.24, 2.45) is 5.92 Å². The number of pyridine rings is 1. The molecule has 19 heteroatoms. The van der Waals surface area contributed by atoms with Gasteiger partial charge in [0.25, 0.3) is 0 Å². The second-order valence-corrected chi connectivity index (χ2v) is 14.3. The molecule has 1 atom stereocenters. The largest absolute Gasteiger partial charge is 0.490 e. The van der Waals surface area contributed by atoms with Gasteiger partial charge in [0.05, 0.1) is 16.2 Å². The van der Waals surface area contributed by atoms with Gasteiger partial charge in [-0.2, -0.15) is 26.3 Å². The summed E-state index contributed by atoms with van der Waals surface area (Å²) in [5.41, 5.74) is 3.66. The molecule has 3 aromatic rings. The molecule has 0 spiro atoms. The van der Waals surface area contributed by atoms with Gasteiger partial charge in [-0.25, -0.2) is 23.5 Å². The number of carboxylic acid groups (broad SMARTS) is 2. The molecule has 4 rings (SSSR count). The van der Waals surface area contributed by atoms with Crippen LogP contribution in [0.1, 0.15) is 50.8 Å². The summed E-state index contributed by atoms with van der Waals surface area (Å²) < 4.78 is 96.7. The predicted molar refractivity (Wildman–Crippen MR) is 174 cm³/mol. The number of ether oxygens (including phenoxy) is 1. The number of nitrogens with one attached hydrogen (secondary N) is 1. The van der Waals surface area contributed by atoms with Crippen LogP contribution in [0.3, 0.4) is 0 Å². The number of rotatable bonds is 10. The Labute approximate surface area is 295 Å². The fourth-order valence-corrected chi connectivity index (χ4v) is 7.34. The molecular formula is C33H39F6N3O9S. The Bertz CT molecular complexity index is 1760. The molecule has 288 valence electrons. The van der Waals surface area contributed by atoms with E-state index >= 15 is 0 Å². The Morgan fingerprint density at radius 1 is 0.962 bits per heavy atom. The zero-order valence-corrected chi connectivity index (χ0v) is 29.1. The van der Waals surface area contributed by atoms with Crippen LogP contribution in [0.2, 0.25) is 0 Å². The van der Waals surface area contributed by atoms with Gasteiger partial charge in [0.2, 0.25) is 5.91 Å². The SMILES string of the molecule is Cc1cc(COc2ccc(S(=O)(=O)CC3(CC(=O)NO)CCCCN3CC(C)C)cc2)c2ccccc2n1.O=C(O)C(F)(F)F.O=C(O)C(F)(F)F. The number of para-hydroxylation sites is 1. The number of hydrogen-bond acceptors (Lipinski definition) is 9. The number of amides is 1. The number of carbonyl (C=O) groups excluding carboxylic acids is 1. The van der Waals surface area contributed by atoms with Crippen LogP contribution in [0, 0.1) is 12.8 Å². The van der Waals surface area contributed by atoms with Gasteiger partial charge in [0.1, 0.15) is 12.4 Å². The van der Waals surface area contributed by atoms with E-state index in [1.54, 1.807) is 29.7 Å². The summed E-state index contributed by atoms with van der Waals surface area (Å²) in [5, 5.41) is 24.5. The van der Waals surface area contributed by atoms with Gasteiger partial charge in [0.15, 0.2) is 9.84 Å². The number of carbonyl (C=O) groups is 3. The fourth-order valence-electron chi connectivity index (χ4n) is 5.49. The van der Waals surface area contributed by atoms with E-state index in [0.717, 1.165) is 41.5 Å². The van der Waals surface area contributed by atoms with Crippen LogP contribution >= 0.6 is 0 Å². The third-order valence-corrected chi connectivity index (χ3v) is 9.55. The van der Waals surface area contributed by atoms with Gasteiger partial charge in [-0.3, -0.25) is 19.9 Å². The zero-order valence-electron chi connectivity index (χ0n) is 28.3. The number of likely N-dealkylation sites (tertiary alicyclic amines) is 1. The molecule has 1 fully saturated rings. The molecule has 4 N–H and O–H groups in total. The van der Waals surface area contributed by atoms with Crippen molar-refractivity contribution in [1.82, 2.24) is 15.4 Å². The van der Waals surface area contributed by atoms with Crippen molar-refractivity contribution < 1.29 is 69.3 Å². The first-order valence-corrected chi connectivity index (χ1v) is 17.2. The number of halogens is 6. The maximum absolute atomic E-state index is 13.6. The van der Waals surface area contributed by atoms with Crippen molar-refractivity contribution in [3.8, 4) is 5.75 Å². The number of benzene rings is 2. The molecule has 1 amide bonds. The molecule has 12 nitrogen and oxygen atoms in total. The zero-order chi connectivity index (χ0) is 39.5. The molecule has 1 aromatic heterocycles. The average Bonchev–Trinajstić information content (AvgIpc) is 3.04. The van der Waals surface area contributed by atoms with Gasteiger partial charge < -0.3 is 14.9 Å². The van der Waals surface area contributed by atoms with Gasteiger partial charge in [-0.05, 0) is 68.6 Å². The van der Waals surface area contributed by atoms with Crippen LogP contribution < -0.4 is 10.2 Å². The van der Waals surface area contributed by atoms with E-state index in [2.05, 4.69) is 23.7 Å². The summed E-state index contributed by atoms with van der Waals surface area (Å²) in [6, 6.07) is 16.4. The van der Waals surface area contributed by atoms with E-state index in [0.29, 0.717) is 31.2 Å². The molecule has 1 saturated heterocycles. The van der Waals surface area contributed by atoms with Gasteiger partial charge in [0, 0.05) is 35.1 Å². The number of sulfone groups is 1. The van der Waals surface area contributed by atoms with Crippen LogP contribution in [0.4, 0.5) is 26.3 Å². The Hall–Kier alpha value is -4.49. The van der Waals surface area contributed by atoms with Gasteiger partial charge >= 0.3 is 24.3 Å². The lowest BCUT2D eigenvalue weighted by molar-refractivity contribution is -0.193. The van der Waals surface area contributed by atoms with Gasteiger partial charge in [-0.15, -0.1) is 0 Å². The molecular weight excluding hydrogens is 728 g/mol. The molecule has 1 aliphatic rings. The van der Waals surface area contributed by atoms with E-state index in [1.165, 1.54) is 0 Å². The normalized spacial score (nSPS) is 16.6. The van der Waals surface area contributed by atoms with Crippen LogP contribution in [-0.4, -0.2) is 88.3 Å². The van der Waals surface area contributed by atoms with Crippen molar-refractivity contribution in [2.75, 3.05) is 18.8 Å². The lowest BCUT2D eigenvalue weighted by atomic mass is 9.84. The average molecular weight is 768 g/mol. The second-order valence-electron chi connectivity index (χ2n) is 12.3. The number of fused-ring (bicyclic) bond motifs is 1. The molecule has 2 aromatic carbocycles. The van der Waals surface area contributed by atoms with Crippen molar-refractivity contribution in [2.45, 2.75) is 75.8 Å². The monoisotopic (exact) mass is 767 g/mol. The maximum Gasteiger partial charge on any atom is 0.490 e. The van der Waals surface area contributed by atoms with Crippen LogP contribution in [0.25, 0.3) is 10.9 Å². The first-order valence-electron chi connectivity index (χ1n) is 15.6.